The molecular formula is C11H15ClFIN2O. The summed E-state index contributed by atoms with van der Waals surface area (Å²) in [4.78, 5) is 11.7. The highest BCUT2D eigenvalue weighted by atomic mass is 127. The molecule has 1 atom stereocenters. The Bertz CT molecular complexity index is 390. The first-order chi connectivity index (χ1) is 7.54. The van der Waals surface area contributed by atoms with Gasteiger partial charge in [0.25, 0.3) is 5.91 Å². The fourth-order valence-corrected chi connectivity index (χ4v) is 1.70. The quantitative estimate of drug-likeness (QED) is 0.796. The number of likely N-dealkylation sites (N-methyl/N-ethyl adjacent to an activating group) is 1. The second kappa shape index (κ2) is 7.84. The molecule has 0 aliphatic heterocycles. The average Bonchev–Trinajstić information content (AvgIpc) is 2.28. The van der Waals surface area contributed by atoms with Crippen molar-refractivity contribution >= 4 is 40.9 Å². The molecular weight excluding hydrogens is 357 g/mol. The topological polar surface area (TPSA) is 41.1 Å². The number of carbonyl (C=O) groups is 1. The Morgan fingerprint density at radius 3 is 2.76 bits per heavy atom. The molecule has 1 rings (SSSR count). The van der Waals surface area contributed by atoms with Crippen LogP contribution < -0.4 is 10.6 Å². The Morgan fingerprint density at radius 1 is 1.53 bits per heavy atom. The highest BCUT2D eigenvalue weighted by Gasteiger charge is 2.11. The molecule has 2 N–H and O–H groups in total. The molecule has 1 aromatic rings. The summed E-state index contributed by atoms with van der Waals surface area (Å²) in [5, 5.41) is 5.75. The fraction of sp³-hybridized carbons (Fsp3) is 0.364. The summed E-state index contributed by atoms with van der Waals surface area (Å²) < 4.78 is 13.7. The zero-order valence-electron chi connectivity index (χ0n) is 9.59. The highest BCUT2D eigenvalue weighted by Crippen LogP contribution is 2.13. The Hall–Kier alpha value is -0.400. The van der Waals surface area contributed by atoms with Crippen LogP contribution in [0.4, 0.5) is 4.39 Å². The average molecular weight is 373 g/mol. The van der Waals surface area contributed by atoms with E-state index in [1.165, 1.54) is 12.1 Å². The van der Waals surface area contributed by atoms with Gasteiger partial charge in [-0.25, -0.2) is 4.39 Å². The molecule has 1 aromatic carbocycles. The normalized spacial score (nSPS) is 11.5. The Morgan fingerprint density at radius 2 is 2.18 bits per heavy atom. The molecule has 0 saturated heterocycles. The second-order valence-electron chi connectivity index (χ2n) is 3.52. The molecule has 0 spiro atoms. The van der Waals surface area contributed by atoms with Gasteiger partial charge in [0.1, 0.15) is 5.82 Å². The van der Waals surface area contributed by atoms with Gasteiger partial charge in [0.2, 0.25) is 0 Å². The monoisotopic (exact) mass is 372 g/mol. The fourth-order valence-electron chi connectivity index (χ4n) is 1.11. The smallest absolute Gasteiger partial charge is 0.252 e. The molecule has 0 heterocycles. The molecule has 3 nitrogen and oxygen atoms in total. The van der Waals surface area contributed by atoms with Crippen molar-refractivity contribution in [3.8, 4) is 0 Å². The van der Waals surface area contributed by atoms with E-state index in [1.54, 1.807) is 6.07 Å². The largest absolute Gasteiger partial charge is 0.350 e. The van der Waals surface area contributed by atoms with Gasteiger partial charge in [0, 0.05) is 16.2 Å². The summed E-state index contributed by atoms with van der Waals surface area (Å²) in [7, 11) is 1.82. The standard InChI is InChI=1S/C11H14FIN2O.ClH/c1-7(14-2)6-15-11(16)9-5-8(12)3-4-10(9)13;/h3-5,7,14H,6H2,1-2H3,(H,15,16);1H. The van der Waals surface area contributed by atoms with Crippen LogP contribution in [-0.4, -0.2) is 25.5 Å². The lowest BCUT2D eigenvalue weighted by Gasteiger charge is -2.12. The Labute approximate surface area is 120 Å². The molecule has 96 valence electrons. The van der Waals surface area contributed by atoms with E-state index >= 15 is 0 Å². The predicted octanol–water partition coefficient (Wildman–Crippen LogP) is 2.19. The van der Waals surface area contributed by atoms with Gasteiger partial charge in [-0.15, -0.1) is 12.4 Å². The summed E-state index contributed by atoms with van der Waals surface area (Å²) in [6, 6.07) is 4.37. The molecule has 0 fully saturated rings. The van der Waals surface area contributed by atoms with Crippen molar-refractivity contribution in [3.63, 3.8) is 0 Å². The number of hydrogen-bond acceptors (Lipinski definition) is 2. The first-order valence-electron chi connectivity index (χ1n) is 4.95. The van der Waals surface area contributed by atoms with Crippen molar-refractivity contribution in [1.29, 1.82) is 0 Å². The number of halogens is 3. The zero-order valence-corrected chi connectivity index (χ0v) is 12.6. The Kier molecular flexibility index (Phi) is 7.65. The molecule has 1 amide bonds. The maximum Gasteiger partial charge on any atom is 0.252 e. The summed E-state index contributed by atoms with van der Waals surface area (Å²) in [6.45, 7) is 2.47. The SMILES string of the molecule is CNC(C)CNC(=O)c1cc(F)ccc1I.Cl. The second-order valence-corrected chi connectivity index (χ2v) is 4.69. The minimum Gasteiger partial charge on any atom is -0.350 e. The molecule has 0 aliphatic rings. The number of amides is 1. The third-order valence-electron chi connectivity index (χ3n) is 2.23. The number of carbonyl (C=O) groups excluding carboxylic acids is 1. The molecule has 1 unspecified atom stereocenters. The van der Waals surface area contributed by atoms with Crippen LogP contribution in [0.5, 0.6) is 0 Å². The predicted molar refractivity (Wildman–Crippen MR) is 77.2 cm³/mol. The zero-order chi connectivity index (χ0) is 12.1. The van der Waals surface area contributed by atoms with Crippen LogP contribution >= 0.6 is 35.0 Å². The Balaban J connectivity index is 0.00000256. The number of benzene rings is 1. The molecule has 0 saturated carbocycles. The minimum absolute atomic E-state index is 0. The third-order valence-corrected chi connectivity index (χ3v) is 3.18. The molecule has 0 bridgehead atoms. The number of rotatable bonds is 4. The van der Waals surface area contributed by atoms with Crippen LogP contribution in [0.15, 0.2) is 18.2 Å². The van der Waals surface area contributed by atoms with Gasteiger partial charge < -0.3 is 10.6 Å². The lowest BCUT2D eigenvalue weighted by atomic mass is 10.2. The van der Waals surface area contributed by atoms with E-state index < -0.39 is 5.82 Å². The van der Waals surface area contributed by atoms with Crippen LogP contribution in [0.1, 0.15) is 17.3 Å². The van der Waals surface area contributed by atoms with E-state index in [0.717, 1.165) is 3.57 Å². The summed E-state index contributed by atoms with van der Waals surface area (Å²) in [6.07, 6.45) is 0. The summed E-state index contributed by atoms with van der Waals surface area (Å²) in [5.74, 6) is -0.641. The lowest BCUT2D eigenvalue weighted by molar-refractivity contribution is 0.0949. The van der Waals surface area contributed by atoms with Gasteiger partial charge in [0.05, 0.1) is 5.56 Å². The highest BCUT2D eigenvalue weighted by molar-refractivity contribution is 14.1. The van der Waals surface area contributed by atoms with Gasteiger partial charge in [-0.2, -0.15) is 0 Å². The van der Waals surface area contributed by atoms with Crippen molar-refractivity contribution < 1.29 is 9.18 Å². The van der Waals surface area contributed by atoms with Gasteiger partial charge in [-0.05, 0) is 54.8 Å². The lowest BCUT2D eigenvalue weighted by Crippen LogP contribution is -2.37. The summed E-state index contributed by atoms with van der Waals surface area (Å²) >= 11 is 2.02. The van der Waals surface area contributed by atoms with Crippen LogP contribution in [0.25, 0.3) is 0 Å². The van der Waals surface area contributed by atoms with Gasteiger partial charge in [-0.3, -0.25) is 4.79 Å². The van der Waals surface area contributed by atoms with E-state index in [-0.39, 0.29) is 24.4 Å². The van der Waals surface area contributed by atoms with E-state index in [4.69, 9.17) is 0 Å². The van der Waals surface area contributed by atoms with Gasteiger partial charge in [0.15, 0.2) is 0 Å². The maximum atomic E-state index is 13.0. The molecule has 6 heteroatoms. The minimum atomic E-state index is -0.396. The molecule has 0 aromatic heterocycles. The van der Waals surface area contributed by atoms with Gasteiger partial charge >= 0.3 is 0 Å². The van der Waals surface area contributed by atoms with Crippen molar-refractivity contribution in [3.05, 3.63) is 33.1 Å². The first kappa shape index (κ1) is 16.6. The van der Waals surface area contributed by atoms with E-state index in [2.05, 4.69) is 10.6 Å². The van der Waals surface area contributed by atoms with Crippen molar-refractivity contribution in [2.24, 2.45) is 0 Å². The van der Waals surface area contributed by atoms with Crippen molar-refractivity contribution in [1.82, 2.24) is 10.6 Å². The van der Waals surface area contributed by atoms with Crippen LogP contribution in [-0.2, 0) is 0 Å². The van der Waals surface area contributed by atoms with Crippen molar-refractivity contribution in [2.75, 3.05) is 13.6 Å². The van der Waals surface area contributed by atoms with Crippen LogP contribution in [0.3, 0.4) is 0 Å². The third kappa shape index (κ3) is 5.18. The van der Waals surface area contributed by atoms with Crippen molar-refractivity contribution in [2.45, 2.75) is 13.0 Å². The van der Waals surface area contributed by atoms with E-state index in [9.17, 15) is 9.18 Å². The maximum absolute atomic E-state index is 13.0. The molecule has 0 radical (unpaired) electrons. The van der Waals surface area contributed by atoms with Crippen LogP contribution in [0, 0.1) is 9.39 Å². The number of hydrogen-bond donors (Lipinski definition) is 2. The van der Waals surface area contributed by atoms with E-state index in [0.29, 0.717) is 12.1 Å². The first-order valence-corrected chi connectivity index (χ1v) is 6.03. The van der Waals surface area contributed by atoms with Crippen LogP contribution in [0.2, 0.25) is 0 Å². The molecule has 0 aliphatic carbocycles. The summed E-state index contributed by atoms with van der Waals surface area (Å²) in [5.41, 5.74) is 0.379. The molecule has 17 heavy (non-hydrogen) atoms. The van der Waals surface area contributed by atoms with Gasteiger partial charge in [-0.1, -0.05) is 0 Å². The van der Waals surface area contributed by atoms with E-state index in [1.807, 2.05) is 36.6 Å². The number of nitrogens with one attached hydrogen (secondary N) is 2.